The van der Waals surface area contributed by atoms with Crippen LogP contribution >= 0.6 is 0 Å². The molecule has 0 radical (unpaired) electrons. The summed E-state index contributed by atoms with van der Waals surface area (Å²) in [5.74, 6) is 0.574. The molecule has 0 aliphatic rings. The minimum atomic E-state index is -3.71. The van der Waals surface area contributed by atoms with Crippen LogP contribution in [0.4, 0.5) is 5.69 Å². The highest BCUT2D eigenvalue weighted by Gasteiger charge is 2.17. The van der Waals surface area contributed by atoms with Crippen molar-refractivity contribution in [3.63, 3.8) is 0 Å². The summed E-state index contributed by atoms with van der Waals surface area (Å²) >= 11 is 0. The van der Waals surface area contributed by atoms with Crippen molar-refractivity contribution in [3.8, 4) is 5.75 Å². The molecule has 6 nitrogen and oxygen atoms in total. The molecular weight excluding hydrogens is 376 g/mol. The predicted octanol–water partition coefficient (Wildman–Crippen LogP) is 3.64. The molecule has 0 bridgehead atoms. The van der Waals surface area contributed by atoms with Gasteiger partial charge in [0.1, 0.15) is 5.75 Å². The smallest absolute Gasteiger partial charge is 0.261 e. The predicted molar refractivity (Wildman–Crippen MR) is 111 cm³/mol. The van der Waals surface area contributed by atoms with E-state index >= 15 is 0 Å². The van der Waals surface area contributed by atoms with Gasteiger partial charge in [-0.2, -0.15) is 0 Å². The van der Waals surface area contributed by atoms with Crippen LogP contribution in [0.1, 0.15) is 31.9 Å². The fourth-order valence-corrected chi connectivity index (χ4v) is 3.47. The van der Waals surface area contributed by atoms with Crippen molar-refractivity contribution in [3.05, 3.63) is 53.6 Å². The summed E-state index contributed by atoms with van der Waals surface area (Å²) in [6.07, 6.45) is -0.671. The van der Waals surface area contributed by atoms with Crippen molar-refractivity contribution >= 4 is 21.6 Å². The van der Waals surface area contributed by atoms with Crippen LogP contribution < -0.4 is 14.8 Å². The molecule has 0 heterocycles. The molecular formula is C21H28N2O4S. The van der Waals surface area contributed by atoms with Crippen molar-refractivity contribution in [2.45, 2.75) is 45.6 Å². The Bertz CT molecular complexity index is 922. The zero-order chi connectivity index (χ0) is 20.9. The van der Waals surface area contributed by atoms with E-state index in [1.807, 2.05) is 33.8 Å². The van der Waals surface area contributed by atoms with Gasteiger partial charge in [0, 0.05) is 12.2 Å². The van der Waals surface area contributed by atoms with Crippen molar-refractivity contribution in [1.29, 1.82) is 0 Å². The van der Waals surface area contributed by atoms with E-state index in [2.05, 4.69) is 10.0 Å². The third kappa shape index (κ3) is 5.99. The molecule has 1 atom stereocenters. The number of nitrogens with one attached hydrogen (secondary N) is 2. The van der Waals surface area contributed by atoms with Crippen LogP contribution in [0.2, 0.25) is 0 Å². The van der Waals surface area contributed by atoms with Gasteiger partial charge in [-0.25, -0.2) is 8.42 Å². The van der Waals surface area contributed by atoms with Crippen molar-refractivity contribution in [2.24, 2.45) is 5.92 Å². The van der Waals surface area contributed by atoms with Crippen LogP contribution in [0.15, 0.2) is 47.4 Å². The largest absolute Gasteiger partial charge is 0.481 e. The number of amides is 1. The molecule has 0 unspecified atom stereocenters. The first-order valence-electron chi connectivity index (χ1n) is 9.23. The molecule has 0 saturated heterocycles. The molecule has 0 fully saturated rings. The first-order chi connectivity index (χ1) is 13.1. The van der Waals surface area contributed by atoms with Crippen LogP contribution in [0, 0.1) is 19.8 Å². The Morgan fingerprint density at radius 2 is 1.64 bits per heavy atom. The van der Waals surface area contributed by atoms with E-state index in [4.69, 9.17) is 4.74 Å². The number of ether oxygens (including phenoxy) is 1. The molecule has 7 heteroatoms. The fraction of sp³-hybridized carbons (Fsp3) is 0.381. The molecule has 0 aromatic heterocycles. The second-order valence-electron chi connectivity index (χ2n) is 7.28. The van der Waals surface area contributed by atoms with Crippen LogP contribution in [0.25, 0.3) is 0 Å². The van der Waals surface area contributed by atoms with E-state index < -0.39 is 16.1 Å². The molecule has 28 heavy (non-hydrogen) atoms. The minimum absolute atomic E-state index is 0.120. The Morgan fingerprint density at radius 3 is 2.21 bits per heavy atom. The van der Waals surface area contributed by atoms with Gasteiger partial charge in [-0.1, -0.05) is 19.9 Å². The van der Waals surface area contributed by atoms with E-state index in [0.717, 1.165) is 11.1 Å². The maximum absolute atomic E-state index is 12.6. The lowest BCUT2D eigenvalue weighted by Crippen LogP contribution is -2.38. The molecule has 0 aliphatic heterocycles. The van der Waals surface area contributed by atoms with E-state index in [1.54, 1.807) is 31.2 Å². The van der Waals surface area contributed by atoms with Gasteiger partial charge in [-0.05, 0) is 74.2 Å². The maximum Gasteiger partial charge on any atom is 0.261 e. The van der Waals surface area contributed by atoms with Gasteiger partial charge < -0.3 is 10.1 Å². The van der Waals surface area contributed by atoms with Gasteiger partial charge in [0.2, 0.25) is 0 Å². The third-order valence-electron chi connectivity index (χ3n) is 4.26. The number of anilines is 1. The Balaban J connectivity index is 2.04. The number of hydrogen-bond donors (Lipinski definition) is 2. The number of hydrogen-bond acceptors (Lipinski definition) is 4. The SMILES string of the molecule is Cc1ccc(NS(=O)(=O)c2ccc(O[C@H](C)C(=O)NCC(C)C)cc2)cc1C. The summed E-state index contributed by atoms with van der Waals surface area (Å²) < 4.78 is 33.3. The summed E-state index contributed by atoms with van der Waals surface area (Å²) in [7, 11) is -3.71. The molecule has 2 N–H and O–H groups in total. The van der Waals surface area contributed by atoms with Crippen molar-refractivity contribution in [2.75, 3.05) is 11.3 Å². The van der Waals surface area contributed by atoms with Gasteiger partial charge in [-0.3, -0.25) is 9.52 Å². The van der Waals surface area contributed by atoms with Gasteiger partial charge in [0.05, 0.1) is 4.90 Å². The Kier molecular flexibility index (Phi) is 7.07. The Morgan fingerprint density at radius 1 is 1.00 bits per heavy atom. The lowest BCUT2D eigenvalue weighted by Gasteiger charge is -2.16. The molecule has 1 amide bonds. The zero-order valence-corrected chi connectivity index (χ0v) is 17.8. The minimum Gasteiger partial charge on any atom is -0.481 e. The first kappa shape index (κ1) is 21.8. The number of aryl methyl sites for hydroxylation is 2. The molecule has 0 saturated carbocycles. The van der Waals surface area contributed by atoms with Crippen LogP contribution in [0.3, 0.4) is 0 Å². The van der Waals surface area contributed by atoms with E-state index in [-0.39, 0.29) is 10.8 Å². The average molecular weight is 405 g/mol. The van der Waals surface area contributed by atoms with Crippen molar-refractivity contribution < 1.29 is 17.9 Å². The molecule has 152 valence electrons. The number of benzene rings is 2. The van der Waals surface area contributed by atoms with Crippen LogP contribution in [0.5, 0.6) is 5.75 Å². The molecule has 2 aromatic carbocycles. The summed E-state index contributed by atoms with van der Waals surface area (Å²) in [4.78, 5) is 12.1. The average Bonchev–Trinajstić information content (AvgIpc) is 2.63. The highest BCUT2D eigenvalue weighted by atomic mass is 32.2. The van der Waals surface area contributed by atoms with Crippen LogP contribution in [-0.2, 0) is 14.8 Å². The van der Waals surface area contributed by atoms with Gasteiger partial charge in [0.15, 0.2) is 6.10 Å². The normalized spacial score (nSPS) is 12.5. The summed E-state index contributed by atoms with van der Waals surface area (Å²) in [6.45, 7) is 10.2. The monoisotopic (exact) mass is 404 g/mol. The van der Waals surface area contributed by atoms with Gasteiger partial charge in [0.25, 0.3) is 15.9 Å². The van der Waals surface area contributed by atoms with Crippen LogP contribution in [-0.4, -0.2) is 27.0 Å². The second-order valence-corrected chi connectivity index (χ2v) is 8.96. The Hall–Kier alpha value is -2.54. The highest BCUT2D eigenvalue weighted by Crippen LogP contribution is 2.21. The van der Waals surface area contributed by atoms with Gasteiger partial charge in [-0.15, -0.1) is 0 Å². The quantitative estimate of drug-likeness (QED) is 0.703. The number of carbonyl (C=O) groups is 1. The summed E-state index contributed by atoms with van der Waals surface area (Å²) in [5, 5.41) is 2.80. The number of sulfonamides is 1. The number of carbonyl (C=O) groups excluding carboxylic acids is 1. The van der Waals surface area contributed by atoms with E-state index in [9.17, 15) is 13.2 Å². The Labute approximate surface area is 167 Å². The van der Waals surface area contributed by atoms with E-state index in [1.165, 1.54) is 12.1 Å². The molecule has 0 aliphatic carbocycles. The maximum atomic E-state index is 12.6. The van der Waals surface area contributed by atoms with Gasteiger partial charge >= 0.3 is 0 Å². The zero-order valence-electron chi connectivity index (χ0n) is 16.9. The lowest BCUT2D eigenvalue weighted by atomic mass is 10.1. The molecule has 2 rings (SSSR count). The summed E-state index contributed by atoms with van der Waals surface area (Å²) in [6, 6.07) is 11.4. The first-order valence-corrected chi connectivity index (χ1v) is 10.7. The highest BCUT2D eigenvalue weighted by molar-refractivity contribution is 7.92. The molecule has 0 spiro atoms. The topological polar surface area (TPSA) is 84.5 Å². The third-order valence-corrected chi connectivity index (χ3v) is 5.66. The summed E-state index contributed by atoms with van der Waals surface area (Å²) in [5.41, 5.74) is 2.61. The standard InChI is InChI=1S/C21H28N2O4S/c1-14(2)13-22-21(24)17(5)27-19-8-10-20(11-9-19)28(25,26)23-18-7-6-15(3)16(4)12-18/h6-12,14,17,23H,13H2,1-5H3,(H,22,24)/t17-/m1/s1. The van der Waals surface area contributed by atoms with E-state index in [0.29, 0.717) is 23.9 Å². The van der Waals surface area contributed by atoms with Crippen molar-refractivity contribution in [1.82, 2.24) is 5.32 Å². The second kappa shape index (κ2) is 9.10. The molecule has 2 aromatic rings. The number of rotatable bonds is 8. The lowest BCUT2D eigenvalue weighted by molar-refractivity contribution is -0.127. The fourth-order valence-electron chi connectivity index (χ4n) is 2.42.